The summed E-state index contributed by atoms with van der Waals surface area (Å²) in [5.41, 5.74) is -0.0164. The van der Waals surface area contributed by atoms with E-state index in [-0.39, 0.29) is 22.5 Å². The molecule has 0 fully saturated rings. The standard InChI is InChI=1S/C11H13ClN6O2/c1-4-7-14-8(5-2)17(16-7)10-9(18(19)20)6(3)13-11(12)15-10/h4-5H2,1-3H3. The van der Waals surface area contributed by atoms with Crippen molar-refractivity contribution >= 4 is 17.3 Å². The molecular weight excluding hydrogens is 284 g/mol. The van der Waals surface area contributed by atoms with E-state index in [4.69, 9.17) is 11.6 Å². The molecule has 2 heterocycles. The van der Waals surface area contributed by atoms with E-state index in [0.29, 0.717) is 24.5 Å². The highest BCUT2D eigenvalue weighted by Gasteiger charge is 2.26. The van der Waals surface area contributed by atoms with Crippen molar-refractivity contribution in [2.45, 2.75) is 33.6 Å². The van der Waals surface area contributed by atoms with Crippen molar-refractivity contribution in [3.63, 3.8) is 0 Å². The van der Waals surface area contributed by atoms with Gasteiger partial charge in [0.05, 0.1) is 4.92 Å². The molecule has 2 rings (SSSR count). The summed E-state index contributed by atoms with van der Waals surface area (Å²) in [6.07, 6.45) is 1.20. The van der Waals surface area contributed by atoms with Gasteiger partial charge < -0.3 is 0 Å². The summed E-state index contributed by atoms with van der Waals surface area (Å²) in [5, 5.41) is 15.4. The van der Waals surface area contributed by atoms with E-state index in [1.807, 2.05) is 13.8 Å². The summed E-state index contributed by atoms with van der Waals surface area (Å²) in [5.74, 6) is 1.25. The first kappa shape index (κ1) is 14.3. The van der Waals surface area contributed by atoms with Crippen LogP contribution in [-0.4, -0.2) is 29.7 Å². The van der Waals surface area contributed by atoms with Crippen LogP contribution in [0.1, 0.15) is 31.2 Å². The lowest BCUT2D eigenvalue weighted by molar-refractivity contribution is -0.385. The minimum absolute atomic E-state index is 0.0524. The summed E-state index contributed by atoms with van der Waals surface area (Å²) < 4.78 is 1.37. The van der Waals surface area contributed by atoms with E-state index >= 15 is 0 Å². The maximum atomic E-state index is 11.2. The van der Waals surface area contributed by atoms with Crippen molar-refractivity contribution in [3.05, 3.63) is 32.7 Å². The average molecular weight is 297 g/mol. The van der Waals surface area contributed by atoms with E-state index in [1.165, 1.54) is 11.6 Å². The molecule has 20 heavy (non-hydrogen) atoms. The van der Waals surface area contributed by atoms with Crippen molar-refractivity contribution in [1.29, 1.82) is 0 Å². The van der Waals surface area contributed by atoms with Crippen LogP contribution in [0.25, 0.3) is 5.82 Å². The Morgan fingerprint density at radius 3 is 2.50 bits per heavy atom. The molecule has 0 spiro atoms. The number of nitrogens with zero attached hydrogens (tertiary/aromatic N) is 6. The van der Waals surface area contributed by atoms with Crippen molar-refractivity contribution in [3.8, 4) is 5.82 Å². The number of hydrogen-bond donors (Lipinski definition) is 0. The minimum Gasteiger partial charge on any atom is -0.258 e. The second-order valence-corrected chi connectivity index (χ2v) is 4.41. The summed E-state index contributed by atoms with van der Waals surface area (Å²) in [6, 6.07) is 0. The molecule has 9 heteroatoms. The normalized spacial score (nSPS) is 10.8. The van der Waals surface area contributed by atoms with Gasteiger partial charge in [0, 0.05) is 12.8 Å². The predicted octanol–water partition coefficient (Wildman–Crippen LogP) is 2.05. The van der Waals surface area contributed by atoms with Gasteiger partial charge in [-0.2, -0.15) is 9.67 Å². The van der Waals surface area contributed by atoms with E-state index in [1.54, 1.807) is 0 Å². The van der Waals surface area contributed by atoms with Gasteiger partial charge in [-0.15, -0.1) is 5.10 Å². The molecule has 106 valence electrons. The van der Waals surface area contributed by atoms with Gasteiger partial charge in [0.1, 0.15) is 11.5 Å². The Balaban J connectivity index is 2.74. The van der Waals surface area contributed by atoms with Crippen LogP contribution < -0.4 is 0 Å². The summed E-state index contributed by atoms with van der Waals surface area (Å²) in [7, 11) is 0. The van der Waals surface area contributed by atoms with Crippen LogP contribution in [0.2, 0.25) is 5.28 Å². The number of aromatic nitrogens is 5. The van der Waals surface area contributed by atoms with Gasteiger partial charge in [-0.3, -0.25) is 10.1 Å². The molecule has 0 bridgehead atoms. The SMILES string of the molecule is CCc1nc(CC)n(-c2nc(Cl)nc(C)c2[N+](=O)[O-])n1. The lowest BCUT2D eigenvalue weighted by Gasteiger charge is -2.06. The number of halogens is 1. The van der Waals surface area contributed by atoms with Crippen LogP contribution in [0.5, 0.6) is 0 Å². The van der Waals surface area contributed by atoms with Crippen LogP contribution in [0.4, 0.5) is 5.69 Å². The Bertz CT molecular complexity index is 669. The fourth-order valence-electron chi connectivity index (χ4n) is 1.82. The van der Waals surface area contributed by atoms with Gasteiger partial charge >= 0.3 is 5.69 Å². The highest BCUT2D eigenvalue weighted by Crippen LogP contribution is 2.25. The zero-order valence-electron chi connectivity index (χ0n) is 11.3. The molecule has 2 aromatic rings. The maximum Gasteiger partial charge on any atom is 0.334 e. The molecule has 0 atom stereocenters. The molecule has 0 aromatic carbocycles. The first-order valence-corrected chi connectivity index (χ1v) is 6.49. The molecule has 0 amide bonds. The van der Waals surface area contributed by atoms with Crippen LogP contribution in [0, 0.1) is 17.0 Å². The molecule has 0 aliphatic heterocycles. The second kappa shape index (κ2) is 5.49. The van der Waals surface area contributed by atoms with Gasteiger partial charge in [0.2, 0.25) is 11.1 Å². The average Bonchev–Trinajstić information content (AvgIpc) is 2.80. The molecule has 0 aliphatic rings. The lowest BCUT2D eigenvalue weighted by atomic mass is 10.3. The number of aryl methyl sites for hydroxylation is 3. The molecule has 8 nitrogen and oxygen atoms in total. The highest BCUT2D eigenvalue weighted by atomic mass is 35.5. The van der Waals surface area contributed by atoms with Gasteiger partial charge in [-0.1, -0.05) is 13.8 Å². The third-order valence-electron chi connectivity index (χ3n) is 2.75. The fourth-order valence-corrected chi connectivity index (χ4v) is 2.03. The third kappa shape index (κ3) is 2.46. The first-order chi connectivity index (χ1) is 9.47. The second-order valence-electron chi connectivity index (χ2n) is 4.07. The molecule has 0 saturated heterocycles. The zero-order chi connectivity index (χ0) is 14.9. The molecule has 2 aromatic heterocycles. The largest absolute Gasteiger partial charge is 0.334 e. The fraction of sp³-hybridized carbons (Fsp3) is 0.455. The van der Waals surface area contributed by atoms with Crippen molar-refractivity contribution < 1.29 is 4.92 Å². The van der Waals surface area contributed by atoms with Crippen molar-refractivity contribution in [2.75, 3.05) is 0 Å². The molecule has 0 aliphatic carbocycles. The lowest BCUT2D eigenvalue weighted by Crippen LogP contribution is -2.10. The Morgan fingerprint density at radius 2 is 1.95 bits per heavy atom. The Labute approximate surface area is 120 Å². The molecule has 0 radical (unpaired) electrons. The molecular formula is C11H13ClN6O2. The molecule has 0 saturated carbocycles. The molecule has 0 N–H and O–H groups in total. The highest BCUT2D eigenvalue weighted by molar-refractivity contribution is 6.28. The van der Waals surface area contributed by atoms with Crippen LogP contribution in [0.3, 0.4) is 0 Å². The summed E-state index contributed by atoms with van der Waals surface area (Å²) >= 11 is 5.81. The van der Waals surface area contributed by atoms with Crippen LogP contribution in [0.15, 0.2) is 0 Å². The Morgan fingerprint density at radius 1 is 1.25 bits per heavy atom. The quantitative estimate of drug-likeness (QED) is 0.486. The topological polar surface area (TPSA) is 99.6 Å². The number of rotatable bonds is 4. The first-order valence-electron chi connectivity index (χ1n) is 6.11. The smallest absolute Gasteiger partial charge is 0.258 e. The monoisotopic (exact) mass is 296 g/mol. The van der Waals surface area contributed by atoms with Crippen molar-refractivity contribution in [1.82, 2.24) is 24.7 Å². The van der Waals surface area contributed by atoms with E-state index < -0.39 is 4.92 Å². The van der Waals surface area contributed by atoms with Gasteiger partial charge in [-0.05, 0) is 18.5 Å². The van der Waals surface area contributed by atoms with Gasteiger partial charge in [0.25, 0.3) is 0 Å². The van der Waals surface area contributed by atoms with Gasteiger partial charge in [0.15, 0.2) is 5.82 Å². The van der Waals surface area contributed by atoms with E-state index in [2.05, 4.69) is 20.1 Å². The van der Waals surface area contributed by atoms with Crippen LogP contribution >= 0.6 is 11.6 Å². The zero-order valence-corrected chi connectivity index (χ0v) is 12.0. The Kier molecular flexibility index (Phi) is 3.93. The predicted molar refractivity (Wildman–Crippen MR) is 72.1 cm³/mol. The third-order valence-corrected chi connectivity index (χ3v) is 2.92. The van der Waals surface area contributed by atoms with E-state index in [9.17, 15) is 10.1 Å². The summed E-state index contributed by atoms with van der Waals surface area (Å²) in [4.78, 5) is 22.8. The van der Waals surface area contributed by atoms with E-state index in [0.717, 1.165) is 0 Å². The Hall–Kier alpha value is -2.09. The van der Waals surface area contributed by atoms with Crippen LogP contribution in [-0.2, 0) is 12.8 Å². The maximum absolute atomic E-state index is 11.2. The summed E-state index contributed by atoms with van der Waals surface area (Å²) in [6.45, 7) is 5.31. The number of nitro groups is 1. The molecule has 0 unspecified atom stereocenters. The van der Waals surface area contributed by atoms with Gasteiger partial charge in [-0.25, -0.2) is 9.97 Å². The minimum atomic E-state index is -0.534. The number of hydrogen-bond acceptors (Lipinski definition) is 6. The van der Waals surface area contributed by atoms with Crippen molar-refractivity contribution in [2.24, 2.45) is 0 Å².